The molecule has 0 aromatic carbocycles. The lowest BCUT2D eigenvalue weighted by Gasteiger charge is -2.07. The molecule has 0 saturated carbocycles. The Labute approximate surface area is 73.3 Å². The van der Waals surface area contributed by atoms with E-state index in [-0.39, 0.29) is 6.10 Å². The third-order valence-electron chi connectivity index (χ3n) is 1.71. The summed E-state index contributed by atoms with van der Waals surface area (Å²) in [5.74, 6) is 0. The van der Waals surface area contributed by atoms with Crippen molar-refractivity contribution in [2.75, 3.05) is 0 Å². The number of aliphatic hydroxyl groups is 1. The van der Waals surface area contributed by atoms with Crippen LogP contribution >= 0.6 is 0 Å². The van der Waals surface area contributed by atoms with Crippen molar-refractivity contribution in [2.45, 2.75) is 25.4 Å². The molecule has 12 heavy (non-hydrogen) atoms. The van der Waals surface area contributed by atoms with Gasteiger partial charge in [-0.2, -0.15) is 0 Å². The third-order valence-corrected chi connectivity index (χ3v) is 1.71. The first-order valence-electron chi connectivity index (χ1n) is 4.20. The molecule has 0 bridgehead atoms. The molecule has 1 radical (unpaired) electrons. The molecule has 1 aromatic heterocycles. The molecule has 1 heterocycles. The maximum absolute atomic E-state index is 9.42. The van der Waals surface area contributed by atoms with E-state index in [9.17, 15) is 5.11 Å². The lowest BCUT2D eigenvalue weighted by molar-refractivity contribution is 0.164. The number of pyridine rings is 1. The zero-order valence-corrected chi connectivity index (χ0v) is 7.11. The van der Waals surface area contributed by atoms with Crippen LogP contribution in [0.2, 0.25) is 0 Å². The van der Waals surface area contributed by atoms with Crippen molar-refractivity contribution in [2.24, 2.45) is 0 Å². The van der Waals surface area contributed by atoms with E-state index >= 15 is 0 Å². The maximum atomic E-state index is 9.42. The van der Waals surface area contributed by atoms with Gasteiger partial charge in [0, 0.05) is 18.3 Å². The monoisotopic (exact) mass is 164 g/mol. The molecule has 0 saturated heterocycles. The van der Waals surface area contributed by atoms with Gasteiger partial charge in [0.25, 0.3) is 0 Å². The molecule has 0 fully saturated rings. The summed E-state index contributed by atoms with van der Waals surface area (Å²) >= 11 is 0. The molecule has 1 unspecified atom stereocenters. The highest BCUT2D eigenvalue weighted by atomic mass is 16.3. The predicted molar refractivity (Wildman–Crippen MR) is 48.5 cm³/mol. The van der Waals surface area contributed by atoms with E-state index in [1.54, 1.807) is 6.20 Å². The Balaban J connectivity index is 2.41. The van der Waals surface area contributed by atoms with Crippen molar-refractivity contribution in [1.82, 2.24) is 4.98 Å². The molecule has 1 aromatic rings. The fourth-order valence-corrected chi connectivity index (χ4v) is 1.10. The van der Waals surface area contributed by atoms with Gasteiger partial charge in [0.1, 0.15) is 0 Å². The Hall–Kier alpha value is -0.890. The van der Waals surface area contributed by atoms with Crippen molar-refractivity contribution < 1.29 is 5.11 Å². The van der Waals surface area contributed by atoms with Gasteiger partial charge in [-0.3, -0.25) is 4.98 Å². The third kappa shape index (κ3) is 3.01. The molecular weight excluding hydrogens is 150 g/mol. The molecule has 1 N–H and O–H groups in total. The quantitative estimate of drug-likeness (QED) is 0.733. The fraction of sp³-hybridized carbons (Fsp3) is 0.400. The van der Waals surface area contributed by atoms with Gasteiger partial charge < -0.3 is 5.11 Å². The summed E-state index contributed by atoms with van der Waals surface area (Å²) in [7, 11) is 0. The molecule has 2 heteroatoms. The largest absolute Gasteiger partial charge is 0.393 e. The van der Waals surface area contributed by atoms with Gasteiger partial charge >= 0.3 is 0 Å². The number of hydrogen-bond donors (Lipinski definition) is 1. The second-order valence-electron chi connectivity index (χ2n) is 2.82. The van der Waals surface area contributed by atoms with Crippen LogP contribution in [0.1, 0.15) is 18.5 Å². The molecule has 0 aliphatic rings. The number of rotatable bonds is 4. The smallest absolute Gasteiger partial charge is 0.0595 e. The van der Waals surface area contributed by atoms with Crippen LogP contribution < -0.4 is 0 Å². The van der Waals surface area contributed by atoms with Gasteiger partial charge in [0.15, 0.2) is 0 Å². The Morgan fingerprint density at radius 3 is 2.92 bits per heavy atom. The first-order chi connectivity index (χ1) is 5.83. The maximum Gasteiger partial charge on any atom is 0.0595 e. The molecule has 2 nitrogen and oxygen atoms in total. The van der Waals surface area contributed by atoms with Crippen LogP contribution in [0.25, 0.3) is 0 Å². The predicted octanol–water partition coefficient (Wildman–Crippen LogP) is 1.60. The van der Waals surface area contributed by atoms with E-state index in [0.717, 1.165) is 18.5 Å². The SMILES string of the molecule is [CH2]CCC(O)Cc1ccccn1. The highest BCUT2D eigenvalue weighted by Gasteiger charge is 2.03. The van der Waals surface area contributed by atoms with Crippen LogP contribution in [-0.4, -0.2) is 16.2 Å². The van der Waals surface area contributed by atoms with Crippen molar-refractivity contribution in [3.63, 3.8) is 0 Å². The van der Waals surface area contributed by atoms with E-state index in [1.165, 1.54) is 0 Å². The summed E-state index contributed by atoms with van der Waals surface area (Å²) in [5, 5.41) is 9.42. The van der Waals surface area contributed by atoms with E-state index in [4.69, 9.17) is 0 Å². The second-order valence-corrected chi connectivity index (χ2v) is 2.82. The normalized spacial score (nSPS) is 12.8. The minimum absolute atomic E-state index is 0.294. The van der Waals surface area contributed by atoms with Crippen LogP contribution in [0.3, 0.4) is 0 Å². The van der Waals surface area contributed by atoms with E-state index in [0.29, 0.717) is 6.42 Å². The summed E-state index contributed by atoms with van der Waals surface area (Å²) in [4.78, 5) is 4.12. The van der Waals surface area contributed by atoms with Crippen LogP contribution in [0.4, 0.5) is 0 Å². The zero-order valence-electron chi connectivity index (χ0n) is 7.11. The van der Waals surface area contributed by atoms with Crippen molar-refractivity contribution in [3.05, 3.63) is 37.0 Å². The average Bonchev–Trinajstić information content (AvgIpc) is 2.06. The Morgan fingerprint density at radius 2 is 2.33 bits per heavy atom. The van der Waals surface area contributed by atoms with Gasteiger partial charge in [0.05, 0.1) is 6.10 Å². The number of nitrogens with zero attached hydrogens (tertiary/aromatic N) is 1. The minimum Gasteiger partial charge on any atom is -0.393 e. The molecule has 1 atom stereocenters. The first-order valence-corrected chi connectivity index (χ1v) is 4.20. The van der Waals surface area contributed by atoms with E-state index < -0.39 is 0 Å². The van der Waals surface area contributed by atoms with Crippen LogP contribution in [0.5, 0.6) is 0 Å². The standard InChI is InChI=1S/C10H14NO/c1-2-5-10(12)8-9-6-3-4-7-11-9/h3-4,6-7,10,12H,1-2,5,8H2. The Morgan fingerprint density at radius 1 is 1.50 bits per heavy atom. The fourth-order valence-electron chi connectivity index (χ4n) is 1.10. The van der Waals surface area contributed by atoms with Gasteiger partial charge in [-0.1, -0.05) is 19.4 Å². The molecule has 65 valence electrons. The summed E-state index contributed by atoms with van der Waals surface area (Å²) in [6.45, 7) is 3.69. The highest BCUT2D eigenvalue weighted by molar-refractivity contribution is 5.04. The first kappa shape index (κ1) is 9.20. The van der Waals surface area contributed by atoms with Gasteiger partial charge in [0.2, 0.25) is 0 Å². The number of hydrogen-bond acceptors (Lipinski definition) is 2. The van der Waals surface area contributed by atoms with Crippen molar-refractivity contribution in [1.29, 1.82) is 0 Å². The highest BCUT2D eigenvalue weighted by Crippen LogP contribution is 2.03. The van der Waals surface area contributed by atoms with Crippen LogP contribution in [0.15, 0.2) is 24.4 Å². The van der Waals surface area contributed by atoms with Crippen molar-refractivity contribution >= 4 is 0 Å². The Kier molecular flexibility index (Phi) is 3.74. The summed E-state index contributed by atoms with van der Waals surface area (Å²) in [6.07, 6.45) is 3.60. The molecule has 0 spiro atoms. The lowest BCUT2D eigenvalue weighted by Crippen LogP contribution is -2.10. The number of aromatic nitrogens is 1. The summed E-state index contributed by atoms with van der Waals surface area (Å²) in [5.41, 5.74) is 0.943. The van der Waals surface area contributed by atoms with Gasteiger partial charge in [-0.05, 0) is 18.6 Å². The van der Waals surface area contributed by atoms with E-state index in [1.807, 2.05) is 18.2 Å². The van der Waals surface area contributed by atoms with Crippen molar-refractivity contribution in [3.8, 4) is 0 Å². The lowest BCUT2D eigenvalue weighted by atomic mass is 10.1. The second kappa shape index (κ2) is 4.88. The van der Waals surface area contributed by atoms with Gasteiger partial charge in [-0.25, -0.2) is 0 Å². The topological polar surface area (TPSA) is 33.1 Å². The average molecular weight is 164 g/mol. The molecule has 0 amide bonds. The summed E-state index contributed by atoms with van der Waals surface area (Å²) < 4.78 is 0. The minimum atomic E-state index is -0.294. The van der Waals surface area contributed by atoms with Crippen LogP contribution in [0, 0.1) is 6.92 Å². The molecule has 0 aliphatic heterocycles. The molecule has 0 aliphatic carbocycles. The van der Waals surface area contributed by atoms with Gasteiger partial charge in [-0.15, -0.1) is 0 Å². The van der Waals surface area contributed by atoms with E-state index in [2.05, 4.69) is 11.9 Å². The number of aliphatic hydroxyl groups excluding tert-OH is 1. The zero-order chi connectivity index (χ0) is 8.81. The van der Waals surface area contributed by atoms with Crippen LogP contribution in [-0.2, 0) is 6.42 Å². The molecule has 1 rings (SSSR count). The Bertz CT molecular complexity index is 210. The summed E-state index contributed by atoms with van der Waals surface area (Å²) in [6, 6.07) is 5.73. The molecular formula is C10H14NO.